The van der Waals surface area contributed by atoms with Gasteiger partial charge in [0.15, 0.2) is 5.96 Å². The van der Waals surface area contributed by atoms with Crippen molar-refractivity contribution < 1.29 is 14.5 Å². The second-order valence-corrected chi connectivity index (χ2v) is 6.70. The number of rotatable bonds is 9. The van der Waals surface area contributed by atoms with Gasteiger partial charge in [-0.15, -0.1) is 0 Å². The van der Waals surface area contributed by atoms with Crippen molar-refractivity contribution in [1.82, 2.24) is 20.4 Å². The molecule has 0 bridgehead atoms. The topological polar surface area (TPSA) is 112 Å². The van der Waals surface area contributed by atoms with Crippen molar-refractivity contribution in [3.05, 3.63) is 39.9 Å². The Bertz CT molecular complexity index is 704. The monoisotopic (exact) mass is 406 g/mol. The number of hydrogen-bond donors (Lipinski definition) is 2. The maximum absolute atomic E-state index is 11.9. The molecule has 1 aliphatic rings. The summed E-state index contributed by atoms with van der Waals surface area (Å²) in [6, 6.07) is 6.53. The van der Waals surface area contributed by atoms with E-state index in [0.29, 0.717) is 26.2 Å². The van der Waals surface area contributed by atoms with Gasteiger partial charge in [-0.3, -0.25) is 19.8 Å². The molecular weight excluding hydrogens is 376 g/mol. The van der Waals surface area contributed by atoms with Gasteiger partial charge in [-0.2, -0.15) is 0 Å². The van der Waals surface area contributed by atoms with E-state index in [1.165, 1.54) is 6.07 Å². The number of nitrogens with zero attached hydrogens (tertiary/aromatic N) is 4. The minimum absolute atomic E-state index is 0.00162. The second kappa shape index (κ2) is 12.0. The number of nitro groups is 1. The molecule has 1 aliphatic heterocycles. The number of piperazine rings is 1. The summed E-state index contributed by atoms with van der Waals surface area (Å²) in [5.74, 6) is 0.782. The average molecular weight is 406 g/mol. The molecule has 1 fully saturated rings. The lowest BCUT2D eigenvalue weighted by Gasteiger charge is -2.36. The number of aliphatic imine (C=N–C) groups is 1. The molecule has 1 amide bonds. The molecule has 10 heteroatoms. The number of nitro benzene ring substituents is 1. The van der Waals surface area contributed by atoms with Crippen molar-refractivity contribution in [2.45, 2.75) is 13.5 Å². The van der Waals surface area contributed by atoms with Gasteiger partial charge in [-0.25, -0.2) is 4.99 Å². The summed E-state index contributed by atoms with van der Waals surface area (Å²) in [6.07, 6.45) is 0. The van der Waals surface area contributed by atoms with Gasteiger partial charge < -0.3 is 20.3 Å². The van der Waals surface area contributed by atoms with Crippen LogP contribution in [0.4, 0.5) is 5.69 Å². The first-order valence-corrected chi connectivity index (χ1v) is 9.78. The zero-order chi connectivity index (χ0) is 21.1. The molecule has 0 atom stereocenters. The van der Waals surface area contributed by atoms with Crippen molar-refractivity contribution >= 4 is 17.6 Å². The third kappa shape index (κ3) is 7.66. The Morgan fingerprint density at radius 1 is 1.28 bits per heavy atom. The fraction of sp³-hybridized carbons (Fsp3) is 0.579. The number of nitrogens with one attached hydrogen (secondary N) is 2. The standard InChI is InChI=1S/C19H30N6O4/c1-3-20-19(22-14-16-5-4-6-17(13-16)25(27)28)24-10-8-23(9-11-24)15-18(26)21-7-12-29-2/h4-6,13H,3,7-12,14-15H2,1-2H3,(H,20,22)(H,21,26). The first-order chi connectivity index (χ1) is 14.0. The number of ether oxygens (including phenoxy) is 1. The van der Waals surface area contributed by atoms with E-state index in [4.69, 9.17) is 4.74 Å². The third-order valence-corrected chi connectivity index (χ3v) is 4.54. The van der Waals surface area contributed by atoms with Crippen LogP contribution in [0.1, 0.15) is 12.5 Å². The van der Waals surface area contributed by atoms with E-state index in [0.717, 1.165) is 44.2 Å². The van der Waals surface area contributed by atoms with Crippen LogP contribution in [0.5, 0.6) is 0 Å². The highest BCUT2D eigenvalue weighted by Crippen LogP contribution is 2.14. The lowest BCUT2D eigenvalue weighted by Crippen LogP contribution is -2.54. The summed E-state index contributed by atoms with van der Waals surface area (Å²) >= 11 is 0. The first-order valence-electron chi connectivity index (χ1n) is 9.78. The lowest BCUT2D eigenvalue weighted by atomic mass is 10.2. The number of carbonyl (C=O) groups is 1. The highest BCUT2D eigenvalue weighted by Gasteiger charge is 2.21. The predicted octanol–water partition coefficient (Wildman–Crippen LogP) is 0.441. The fourth-order valence-electron chi connectivity index (χ4n) is 3.03. The van der Waals surface area contributed by atoms with Gasteiger partial charge in [0.1, 0.15) is 0 Å². The zero-order valence-electron chi connectivity index (χ0n) is 17.1. The number of benzene rings is 1. The Balaban J connectivity index is 1.88. The average Bonchev–Trinajstić information content (AvgIpc) is 2.72. The van der Waals surface area contributed by atoms with Crippen LogP contribution in [0.15, 0.2) is 29.3 Å². The molecule has 0 saturated carbocycles. The minimum Gasteiger partial charge on any atom is -0.383 e. The van der Waals surface area contributed by atoms with Crippen molar-refractivity contribution in [3.63, 3.8) is 0 Å². The lowest BCUT2D eigenvalue weighted by molar-refractivity contribution is -0.384. The molecule has 1 aromatic rings. The fourth-order valence-corrected chi connectivity index (χ4v) is 3.03. The highest BCUT2D eigenvalue weighted by atomic mass is 16.6. The van der Waals surface area contributed by atoms with E-state index in [2.05, 4.69) is 25.4 Å². The molecule has 0 spiro atoms. The van der Waals surface area contributed by atoms with Gasteiger partial charge in [-0.05, 0) is 12.5 Å². The Labute approximate surface area is 171 Å². The van der Waals surface area contributed by atoms with Gasteiger partial charge in [0.2, 0.25) is 5.91 Å². The number of hydrogen-bond acceptors (Lipinski definition) is 6. The van der Waals surface area contributed by atoms with Crippen LogP contribution in [0.3, 0.4) is 0 Å². The van der Waals surface area contributed by atoms with E-state index < -0.39 is 4.92 Å². The predicted molar refractivity (Wildman–Crippen MR) is 111 cm³/mol. The summed E-state index contributed by atoms with van der Waals surface area (Å²) in [4.78, 5) is 31.4. The van der Waals surface area contributed by atoms with Gasteiger partial charge in [0.25, 0.3) is 5.69 Å². The molecule has 1 saturated heterocycles. The Morgan fingerprint density at radius 3 is 2.69 bits per heavy atom. The molecule has 0 aromatic heterocycles. The molecule has 1 aromatic carbocycles. The molecular formula is C19H30N6O4. The maximum atomic E-state index is 11.9. The molecule has 29 heavy (non-hydrogen) atoms. The summed E-state index contributed by atoms with van der Waals surface area (Å²) in [5.41, 5.74) is 0.862. The van der Waals surface area contributed by atoms with Crippen LogP contribution in [0.2, 0.25) is 0 Å². The van der Waals surface area contributed by atoms with Crippen LogP contribution in [-0.2, 0) is 16.1 Å². The molecule has 0 aliphatic carbocycles. The van der Waals surface area contributed by atoms with Gasteiger partial charge in [-0.1, -0.05) is 12.1 Å². The summed E-state index contributed by atoms with van der Waals surface area (Å²) in [7, 11) is 1.61. The number of amides is 1. The van der Waals surface area contributed by atoms with E-state index >= 15 is 0 Å². The van der Waals surface area contributed by atoms with Crippen molar-refractivity contribution in [3.8, 4) is 0 Å². The van der Waals surface area contributed by atoms with Crippen LogP contribution in [0, 0.1) is 10.1 Å². The van der Waals surface area contributed by atoms with Crippen molar-refractivity contribution in [1.29, 1.82) is 0 Å². The second-order valence-electron chi connectivity index (χ2n) is 6.70. The van der Waals surface area contributed by atoms with Crippen LogP contribution >= 0.6 is 0 Å². The SMILES string of the molecule is CCNC(=NCc1cccc([N+](=O)[O-])c1)N1CCN(CC(=O)NCCOC)CC1. The summed E-state index contributed by atoms with van der Waals surface area (Å²) in [6.45, 7) is 7.54. The van der Waals surface area contributed by atoms with Gasteiger partial charge in [0, 0.05) is 58.5 Å². The van der Waals surface area contributed by atoms with E-state index in [1.54, 1.807) is 19.2 Å². The Kier molecular flexibility index (Phi) is 9.32. The van der Waals surface area contributed by atoms with E-state index in [-0.39, 0.29) is 11.6 Å². The van der Waals surface area contributed by atoms with Crippen LogP contribution in [0.25, 0.3) is 0 Å². The number of carbonyl (C=O) groups excluding carboxylic acids is 1. The molecule has 1 heterocycles. The molecule has 0 unspecified atom stereocenters. The van der Waals surface area contributed by atoms with Crippen molar-refractivity contribution in [2.24, 2.45) is 4.99 Å². The highest BCUT2D eigenvalue weighted by molar-refractivity contribution is 5.80. The normalized spacial score (nSPS) is 15.2. The zero-order valence-corrected chi connectivity index (χ0v) is 17.1. The van der Waals surface area contributed by atoms with Crippen LogP contribution in [-0.4, -0.2) is 86.1 Å². The molecule has 2 rings (SSSR count). The Hall–Kier alpha value is -2.72. The maximum Gasteiger partial charge on any atom is 0.269 e. The number of methoxy groups -OCH3 is 1. The Morgan fingerprint density at radius 2 is 2.03 bits per heavy atom. The largest absolute Gasteiger partial charge is 0.383 e. The number of non-ortho nitro benzene ring substituents is 1. The van der Waals surface area contributed by atoms with E-state index in [1.807, 2.05) is 13.0 Å². The smallest absolute Gasteiger partial charge is 0.269 e. The molecule has 160 valence electrons. The number of guanidine groups is 1. The molecule has 0 radical (unpaired) electrons. The van der Waals surface area contributed by atoms with E-state index in [9.17, 15) is 14.9 Å². The molecule has 10 nitrogen and oxygen atoms in total. The van der Waals surface area contributed by atoms with Crippen LogP contribution < -0.4 is 10.6 Å². The minimum atomic E-state index is -0.400. The van der Waals surface area contributed by atoms with Gasteiger partial charge >= 0.3 is 0 Å². The van der Waals surface area contributed by atoms with Crippen molar-refractivity contribution in [2.75, 3.05) is 59.5 Å². The van der Waals surface area contributed by atoms with Gasteiger partial charge in [0.05, 0.1) is 24.6 Å². The first kappa shape index (κ1) is 22.6. The summed E-state index contributed by atoms with van der Waals surface area (Å²) in [5, 5.41) is 17.0. The quantitative estimate of drug-likeness (QED) is 0.201. The summed E-state index contributed by atoms with van der Waals surface area (Å²) < 4.78 is 4.93. The molecule has 2 N–H and O–H groups in total. The third-order valence-electron chi connectivity index (χ3n) is 4.54.